The average Bonchev–Trinajstić information content (AvgIpc) is 2.76. The van der Waals surface area contributed by atoms with E-state index in [0.29, 0.717) is 0 Å². The van der Waals surface area contributed by atoms with Gasteiger partial charge < -0.3 is 9.47 Å². The molecule has 2 aromatic carbocycles. The van der Waals surface area contributed by atoms with Gasteiger partial charge in [-0.15, -0.1) is 0 Å². The van der Waals surface area contributed by atoms with Gasteiger partial charge in [-0.2, -0.15) is 0 Å². The molecule has 0 aromatic heterocycles. The van der Waals surface area contributed by atoms with Crippen molar-refractivity contribution < 1.29 is 9.47 Å². The number of ether oxygens (including phenoxy) is 2. The molecule has 0 saturated heterocycles. The Kier molecular flexibility index (Phi) is 7.98. The average molecular weight is 548 g/mol. The van der Waals surface area contributed by atoms with Crippen LogP contribution in [0.4, 0.5) is 0 Å². The van der Waals surface area contributed by atoms with E-state index in [-0.39, 0.29) is 22.4 Å². The summed E-state index contributed by atoms with van der Waals surface area (Å²) in [5.74, 6) is 1.84. The Labute approximate surface area is 203 Å². The summed E-state index contributed by atoms with van der Waals surface area (Å²) >= 11 is 2.37. The summed E-state index contributed by atoms with van der Waals surface area (Å²) in [5, 5.41) is 0. The molecule has 0 aliphatic heterocycles. The van der Waals surface area contributed by atoms with E-state index in [2.05, 4.69) is 104 Å². The Hall–Kier alpha value is -1.66. The van der Waals surface area contributed by atoms with Gasteiger partial charge in [0.1, 0.15) is 5.75 Å². The maximum Gasteiger partial charge on any atom is 0.184 e. The third kappa shape index (κ3) is 5.98. The van der Waals surface area contributed by atoms with Gasteiger partial charge >= 0.3 is 0 Å². The molecule has 2 atom stereocenters. The van der Waals surface area contributed by atoms with Crippen molar-refractivity contribution in [1.82, 2.24) is 0 Å². The van der Waals surface area contributed by atoms with Crippen LogP contribution in [0, 0.1) is 8.99 Å². The molecule has 0 N–H and O–H groups in total. The zero-order valence-electron chi connectivity index (χ0n) is 19.2. The monoisotopic (exact) mass is 547 g/mol. The highest BCUT2D eigenvalue weighted by molar-refractivity contribution is 14.1. The lowest BCUT2D eigenvalue weighted by Gasteiger charge is -2.29. The highest BCUT2D eigenvalue weighted by Crippen LogP contribution is 2.41. The zero-order chi connectivity index (χ0) is 22.6. The summed E-state index contributed by atoms with van der Waals surface area (Å²) in [7, 11) is 1.46. The topological polar surface area (TPSA) is 18.5 Å². The first-order chi connectivity index (χ1) is 14.7. The van der Waals surface area contributed by atoms with Gasteiger partial charge in [0, 0.05) is 9.99 Å². The van der Waals surface area contributed by atoms with Crippen LogP contribution in [0.2, 0.25) is 0 Å². The third-order valence-corrected chi connectivity index (χ3v) is 8.41. The van der Waals surface area contributed by atoms with Crippen LogP contribution >= 0.6 is 22.6 Å². The molecule has 31 heavy (non-hydrogen) atoms. The molecule has 0 amide bonds. The molecule has 2 unspecified atom stereocenters. The number of rotatable bonds is 6. The molecule has 0 bridgehead atoms. The molecule has 0 fully saturated rings. The number of hydrogen-bond acceptors (Lipinski definition) is 2. The molecule has 164 valence electrons. The smallest absolute Gasteiger partial charge is 0.184 e. The van der Waals surface area contributed by atoms with Gasteiger partial charge in [-0.3, -0.25) is 0 Å². The molecule has 0 heterocycles. The Morgan fingerprint density at radius 3 is 2.13 bits per heavy atom. The fourth-order valence-corrected chi connectivity index (χ4v) is 6.10. The van der Waals surface area contributed by atoms with E-state index in [1.54, 1.807) is 7.11 Å². The van der Waals surface area contributed by atoms with Crippen LogP contribution in [-0.2, 0) is 15.6 Å². The highest BCUT2D eigenvalue weighted by atomic mass is 127. The zero-order valence-corrected chi connectivity index (χ0v) is 22.2. The van der Waals surface area contributed by atoms with Crippen molar-refractivity contribution in [2.75, 3.05) is 7.11 Å². The predicted molar refractivity (Wildman–Crippen MR) is 141 cm³/mol. The van der Waals surface area contributed by atoms with Crippen molar-refractivity contribution >= 4 is 33.5 Å². The molecule has 2 aromatic rings. The molecular formula is C27H32IO2S+. The molecule has 0 saturated carbocycles. The van der Waals surface area contributed by atoms with Gasteiger partial charge in [0.15, 0.2) is 20.8 Å². The maximum atomic E-state index is 6.44. The van der Waals surface area contributed by atoms with E-state index in [1.807, 2.05) is 19.9 Å². The van der Waals surface area contributed by atoms with Crippen LogP contribution in [0.3, 0.4) is 0 Å². The van der Waals surface area contributed by atoms with E-state index >= 15 is 0 Å². The molecule has 1 aliphatic carbocycles. The molecule has 1 aliphatic rings. The fraction of sp³-hybridized carbons (Fsp3) is 0.333. The van der Waals surface area contributed by atoms with Crippen LogP contribution in [0.5, 0.6) is 5.75 Å². The van der Waals surface area contributed by atoms with Crippen molar-refractivity contribution in [3.63, 3.8) is 0 Å². The quantitative estimate of drug-likeness (QED) is 0.208. The molecule has 4 heteroatoms. The molecular weight excluding hydrogens is 515 g/mol. The predicted octanol–water partition coefficient (Wildman–Crippen LogP) is 7.91. The van der Waals surface area contributed by atoms with Gasteiger partial charge in [-0.1, -0.05) is 26.8 Å². The van der Waals surface area contributed by atoms with Crippen molar-refractivity contribution in [1.29, 1.82) is 0 Å². The van der Waals surface area contributed by atoms with Crippen molar-refractivity contribution in [3.8, 4) is 5.75 Å². The van der Waals surface area contributed by atoms with E-state index in [0.717, 1.165) is 17.9 Å². The second kappa shape index (κ2) is 10.3. The van der Waals surface area contributed by atoms with E-state index < -0.39 is 0 Å². The van der Waals surface area contributed by atoms with Gasteiger partial charge in [-0.05, 0) is 108 Å². The highest BCUT2D eigenvalue weighted by Gasteiger charge is 2.40. The molecule has 0 radical (unpaired) electrons. The van der Waals surface area contributed by atoms with Crippen LogP contribution < -0.4 is 4.74 Å². The Morgan fingerprint density at radius 1 is 1.03 bits per heavy atom. The largest absolute Gasteiger partial charge is 0.497 e. The summed E-state index contributed by atoms with van der Waals surface area (Å²) in [6, 6.07) is 17.4. The first kappa shape index (κ1) is 24.0. The van der Waals surface area contributed by atoms with Crippen molar-refractivity contribution in [2.45, 2.75) is 56.9 Å². The Bertz CT molecular complexity index is 979. The van der Waals surface area contributed by atoms with Crippen LogP contribution in [0.15, 0.2) is 92.8 Å². The lowest BCUT2D eigenvalue weighted by atomic mass is 9.83. The van der Waals surface area contributed by atoms with Crippen LogP contribution in [0.1, 0.15) is 41.0 Å². The summed E-state index contributed by atoms with van der Waals surface area (Å²) in [5.41, 5.74) is 1.46. The SMILES string of the molecule is C/C=C(\C)OC1CC=C(C(C)(C)C)C=C1[S+](c1ccc(I)cc1)c1ccc(OC)cc1. The standard InChI is InChI=1S/C27H32IO2S/c1-7-19(2)30-25-17-8-20(27(3,4)5)18-26(25)31(23-13-9-21(28)10-14-23)24-15-11-22(29-6)12-16-24/h7-16,18,25H,17H2,1-6H3/q+1/b19-7+. The van der Waals surface area contributed by atoms with E-state index in [4.69, 9.17) is 9.47 Å². The molecule has 2 nitrogen and oxygen atoms in total. The number of allylic oxidation sites excluding steroid dienone is 4. The summed E-state index contributed by atoms with van der Waals surface area (Å²) in [6.07, 6.45) is 7.68. The van der Waals surface area contributed by atoms with E-state index in [1.165, 1.54) is 23.8 Å². The van der Waals surface area contributed by atoms with Gasteiger partial charge in [0.05, 0.1) is 23.8 Å². The number of halogens is 1. The number of hydrogen-bond donors (Lipinski definition) is 0. The fourth-order valence-electron chi connectivity index (χ4n) is 3.46. The number of benzene rings is 2. The molecule has 0 spiro atoms. The van der Waals surface area contributed by atoms with E-state index in [9.17, 15) is 0 Å². The Morgan fingerprint density at radius 2 is 1.61 bits per heavy atom. The normalized spacial score (nSPS) is 18.2. The summed E-state index contributed by atoms with van der Waals surface area (Å²) in [6.45, 7) is 10.9. The molecule has 3 rings (SSSR count). The first-order valence-electron chi connectivity index (χ1n) is 10.6. The summed E-state index contributed by atoms with van der Waals surface area (Å²) in [4.78, 5) is 3.91. The van der Waals surface area contributed by atoms with Gasteiger partial charge in [-0.25, -0.2) is 0 Å². The van der Waals surface area contributed by atoms with Crippen LogP contribution in [0.25, 0.3) is 0 Å². The van der Waals surface area contributed by atoms with Crippen molar-refractivity contribution in [3.05, 3.63) is 86.6 Å². The summed E-state index contributed by atoms with van der Waals surface area (Å²) < 4.78 is 13.1. The van der Waals surface area contributed by atoms with Gasteiger partial charge in [0.25, 0.3) is 0 Å². The number of methoxy groups -OCH3 is 1. The second-order valence-corrected chi connectivity index (χ2v) is 11.9. The minimum atomic E-state index is -0.251. The van der Waals surface area contributed by atoms with Crippen LogP contribution in [-0.4, -0.2) is 13.2 Å². The second-order valence-electron chi connectivity index (χ2n) is 8.63. The lowest BCUT2D eigenvalue weighted by Crippen LogP contribution is -2.26. The minimum Gasteiger partial charge on any atom is -0.497 e. The van der Waals surface area contributed by atoms with Gasteiger partial charge in [0.2, 0.25) is 0 Å². The first-order valence-corrected chi connectivity index (χ1v) is 12.9. The lowest BCUT2D eigenvalue weighted by molar-refractivity contribution is 0.153. The minimum absolute atomic E-state index is 0.0204. The Balaban J connectivity index is 2.16. The third-order valence-electron chi connectivity index (χ3n) is 5.35. The maximum absolute atomic E-state index is 6.44. The van der Waals surface area contributed by atoms with Crippen molar-refractivity contribution in [2.24, 2.45) is 5.41 Å².